The van der Waals surface area contributed by atoms with Gasteiger partial charge >= 0.3 is 5.97 Å². The zero-order valence-electron chi connectivity index (χ0n) is 11.9. The lowest BCUT2D eigenvalue weighted by molar-refractivity contribution is -0.147. The van der Waals surface area contributed by atoms with Gasteiger partial charge in [0, 0.05) is 32.5 Å². The van der Waals surface area contributed by atoms with Crippen LogP contribution in [0.15, 0.2) is 0 Å². The van der Waals surface area contributed by atoms with Crippen LogP contribution in [0, 0.1) is 11.8 Å². The molecule has 2 fully saturated rings. The maximum absolute atomic E-state index is 12.4. The highest BCUT2D eigenvalue weighted by atomic mass is 16.4. The third kappa shape index (κ3) is 3.95. The van der Waals surface area contributed by atoms with E-state index in [1.54, 1.807) is 4.90 Å². The van der Waals surface area contributed by atoms with Gasteiger partial charge in [-0.25, -0.2) is 0 Å². The van der Waals surface area contributed by atoms with Crippen LogP contribution >= 0.6 is 0 Å². The fourth-order valence-electron chi connectivity index (χ4n) is 2.71. The largest absolute Gasteiger partial charge is 0.480 e. The van der Waals surface area contributed by atoms with Crippen LogP contribution in [0.25, 0.3) is 0 Å². The minimum Gasteiger partial charge on any atom is -0.480 e. The summed E-state index contributed by atoms with van der Waals surface area (Å²) in [5.41, 5.74) is 0. The zero-order chi connectivity index (χ0) is 14.7. The van der Waals surface area contributed by atoms with E-state index in [-0.39, 0.29) is 24.3 Å². The number of carbonyl (C=O) groups is 3. The van der Waals surface area contributed by atoms with Crippen LogP contribution in [-0.2, 0) is 14.4 Å². The minimum absolute atomic E-state index is 0.0382. The van der Waals surface area contributed by atoms with Gasteiger partial charge in [-0.05, 0) is 31.6 Å². The number of carboxylic acid groups (broad SMARTS) is 1. The highest BCUT2D eigenvalue weighted by molar-refractivity contribution is 5.83. The molecule has 2 rings (SSSR count). The molecule has 0 unspecified atom stereocenters. The monoisotopic (exact) mass is 282 g/mol. The molecular formula is C14H22N2O4. The quantitative estimate of drug-likeness (QED) is 0.799. The van der Waals surface area contributed by atoms with Crippen molar-refractivity contribution < 1.29 is 19.5 Å². The van der Waals surface area contributed by atoms with Crippen LogP contribution in [0.4, 0.5) is 0 Å². The molecule has 0 aromatic carbocycles. The van der Waals surface area contributed by atoms with E-state index in [0.717, 1.165) is 12.8 Å². The summed E-state index contributed by atoms with van der Waals surface area (Å²) >= 11 is 0. The van der Waals surface area contributed by atoms with Crippen molar-refractivity contribution in [2.75, 3.05) is 26.2 Å². The van der Waals surface area contributed by atoms with Crippen LogP contribution in [0.3, 0.4) is 0 Å². The molecule has 0 radical (unpaired) electrons. The molecule has 1 saturated carbocycles. The lowest BCUT2D eigenvalue weighted by atomic mass is 9.95. The molecule has 6 heteroatoms. The van der Waals surface area contributed by atoms with Crippen LogP contribution in [-0.4, -0.2) is 58.9 Å². The predicted octanol–water partition coefficient (Wildman–Crippen LogP) is 0.568. The molecule has 0 atom stereocenters. The van der Waals surface area contributed by atoms with E-state index in [1.165, 1.54) is 11.8 Å². The Morgan fingerprint density at radius 3 is 2.20 bits per heavy atom. The Morgan fingerprint density at radius 2 is 1.75 bits per heavy atom. The number of hydrogen-bond donors (Lipinski definition) is 1. The number of nitrogens with zero attached hydrogens (tertiary/aromatic N) is 2. The van der Waals surface area contributed by atoms with Gasteiger partial charge in [0.15, 0.2) is 0 Å². The summed E-state index contributed by atoms with van der Waals surface area (Å²) in [5.74, 6) is -0.627. The van der Waals surface area contributed by atoms with Gasteiger partial charge in [-0.15, -0.1) is 0 Å². The second kappa shape index (κ2) is 6.24. The standard InChI is InChI=1S/C14H22N2O4/c1-10(17)15-6-4-12(5-7-15)14(20)16(9-13(18)19)8-11-2-3-11/h11-12H,2-9H2,1H3,(H,18,19). The summed E-state index contributed by atoms with van der Waals surface area (Å²) in [4.78, 5) is 37.8. The molecule has 1 saturated heterocycles. The van der Waals surface area contributed by atoms with Crippen LogP contribution in [0.1, 0.15) is 32.6 Å². The van der Waals surface area contributed by atoms with E-state index < -0.39 is 5.97 Å². The summed E-state index contributed by atoms with van der Waals surface area (Å²) < 4.78 is 0. The van der Waals surface area contributed by atoms with E-state index in [9.17, 15) is 14.4 Å². The first-order valence-electron chi connectivity index (χ1n) is 7.23. The number of aliphatic carboxylic acids is 1. The molecule has 1 heterocycles. The summed E-state index contributed by atoms with van der Waals surface area (Å²) in [6.45, 7) is 3.08. The molecule has 0 aromatic heterocycles. The smallest absolute Gasteiger partial charge is 0.323 e. The molecule has 1 aliphatic heterocycles. The normalized spacial score (nSPS) is 19.8. The Balaban J connectivity index is 1.90. The number of hydrogen-bond acceptors (Lipinski definition) is 3. The number of rotatable bonds is 5. The van der Waals surface area contributed by atoms with E-state index in [4.69, 9.17) is 5.11 Å². The zero-order valence-corrected chi connectivity index (χ0v) is 11.9. The Hall–Kier alpha value is -1.59. The van der Waals surface area contributed by atoms with E-state index in [0.29, 0.717) is 38.4 Å². The van der Waals surface area contributed by atoms with Crippen molar-refractivity contribution in [3.8, 4) is 0 Å². The van der Waals surface area contributed by atoms with Crippen molar-refractivity contribution >= 4 is 17.8 Å². The van der Waals surface area contributed by atoms with Crippen molar-refractivity contribution in [1.29, 1.82) is 0 Å². The summed E-state index contributed by atoms with van der Waals surface area (Å²) in [5, 5.41) is 8.93. The second-order valence-corrected chi connectivity index (χ2v) is 5.84. The first-order valence-corrected chi connectivity index (χ1v) is 7.23. The van der Waals surface area contributed by atoms with Crippen molar-refractivity contribution in [3.63, 3.8) is 0 Å². The van der Waals surface area contributed by atoms with Gasteiger partial charge in [0.25, 0.3) is 0 Å². The average molecular weight is 282 g/mol. The van der Waals surface area contributed by atoms with Crippen molar-refractivity contribution in [3.05, 3.63) is 0 Å². The van der Waals surface area contributed by atoms with Gasteiger partial charge in [0.1, 0.15) is 6.54 Å². The third-order valence-electron chi connectivity index (χ3n) is 4.10. The number of amides is 2. The summed E-state index contributed by atoms with van der Waals surface area (Å²) in [6.07, 6.45) is 3.46. The first-order chi connectivity index (χ1) is 9.47. The molecule has 2 amide bonds. The van der Waals surface area contributed by atoms with Gasteiger partial charge in [0.2, 0.25) is 11.8 Å². The number of carbonyl (C=O) groups excluding carboxylic acids is 2. The van der Waals surface area contributed by atoms with Crippen LogP contribution in [0.2, 0.25) is 0 Å². The number of carboxylic acids is 1. The summed E-state index contributed by atoms with van der Waals surface area (Å²) in [7, 11) is 0. The maximum Gasteiger partial charge on any atom is 0.323 e. The topological polar surface area (TPSA) is 77.9 Å². The van der Waals surface area contributed by atoms with Gasteiger partial charge in [-0.1, -0.05) is 0 Å². The van der Waals surface area contributed by atoms with E-state index >= 15 is 0 Å². The molecule has 0 bridgehead atoms. The van der Waals surface area contributed by atoms with Gasteiger partial charge < -0.3 is 14.9 Å². The Kier molecular flexibility index (Phi) is 4.62. The summed E-state index contributed by atoms with van der Waals surface area (Å²) in [6, 6.07) is 0. The van der Waals surface area contributed by atoms with E-state index in [1.807, 2.05) is 0 Å². The van der Waals surface area contributed by atoms with Crippen LogP contribution in [0.5, 0.6) is 0 Å². The second-order valence-electron chi connectivity index (χ2n) is 5.84. The number of piperidine rings is 1. The average Bonchev–Trinajstić information content (AvgIpc) is 3.20. The highest BCUT2D eigenvalue weighted by Crippen LogP contribution is 2.30. The fraction of sp³-hybridized carbons (Fsp3) is 0.786. The fourth-order valence-corrected chi connectivity index (χ4v) is 2.71. The Morgan fingerprint density at radius 1 is 1.15 bits per heavy atom. The SMILES string of the molecule is CC(=O)N1CCC(C(=O)N(CC(=O)O)CC2CC2)CC1. The third-order valence-corrected chi connectivity index (χ3v) is 4.10. The maximum atomic E-state index is 12.4. The van der Waals surface area contributed by atoms with E-state index in [2.05, 4.69) is 0 Å². The van der Waals surface area contributed by atoms with Crippen molar-refractivity contribution in [2.24, 2.45) is 11.8 Å². The molecule has 6 nitrogen and oxygen atoms in total. The highest BCUT2D eigenvalue weighted by Gasteiger charge is 2.33. The molecule has 20 heavy (non-hydrogen) atoms. The molecule has 112 valence electrons. The minimum atomic E-state index is -0.958. The molecular weight excluding hydrogens is 260 g/mol. The van der Waals surface area contributed by atoms with Crippen molar-refractivity contribution in [1.82, 2.24) is 9.80 Å². The molecule has 0 spiro atoms. The lowest BCUT2D eigenvalue weighted by Gasteiger charge is -2.33. The van der Waals surface area contributed by atoms with Gasteiger partial charge in [0.05, 0.1) is 0 Å². The molecule has 0 aromatic rings. The number of likely N-dealkylation sites (tertiary alicyclic amines) is 1. The van der Waals surface area contributed by atoms with Gasteiger partial charge in [-0.3, -0.25) is 14.4 Å². The Labute approximate surface area is 118 Å². The lowest BCUT2D eigenvalue weighted by Crippen LogP contribution is -2.45. The molecule has 1 N–H and O–H groups in total. The molecule has 1 aliphatic carbocycles. The van der Waals surface area contributed by atoms with Crippen LogP contribution < -0.4 is 0 Å². The molecule has 2 aliphatic rings. The van der Waals surface area contributed by atoms with Crippen molar-refractivity contribution in [2.45, 2.75) is 32.6 Å². The first kappa shape index (κ1) is 14.8. The van der Waals surface area contributed by atoms with Gasteiger partial charge in [-0.2, -0.15) is 0 Å². The Bertz CT molecular complexity index is 398. The predicted molar refractivity (Wildman–Crippen MR) is 71.9 cm³/mol.